The van der Waals surface area contributed by atoms with Crippen molar-refractivity contribution in [1.82, 2.24) is 10.3 Å². The molecule has 0 radical (unpaired) electrons. The van der Waals surface area contributed by atoms with Crippen LogP contribution in [-0.2, 0) is 10.0 Å². The van der Waals surface area contributed by atoms with Crippen molar-refractivity contribution in [1.29, 1.82) is 0 Å². The van der Waals surface area contributed by atoms with E-state index >= 15 is 0 Å². The number of hydrazine groups is 1. The van der Waals surface area contributed by atoms with Crippen LogP contribution in [0.15, 0.2) is 64.4 Å². The Morgan fingerprint density at radius 1 is 1.08 bits per heavy atom. The zero-order valence-corrected chi connectivity index (χ0v) is 14.3. The third kappa shape index (κ3) is 3.20. The van der Waals surface area contributed by atoms with Crippen LogP contribution in [0.4, 0.5) is 0 Å². The molecule has 124 valence electrons. The van der Waals surface area contributed by atoms with Gasteiger partial charge >= 0.3 is 0 Å². The van der Waals surface area contributed by atoms with Gasteiger partial charge < -0.3 is 9.84 Å². The molecule has 6 heteroatoms. The topological polar surface area (TPSA) is 71.3 Å². The maximum atomic E-state index is 12.5. The maximum Gasteiger partial charge on any atom is 0.257 e. The Kier molecular flexibility index (Phi) is 4.17. The normalized spacial score (nSPS) is 11.6. The molecule has 2 N–H and O–H groups in total. The second-order valence-electron chi connectivity index (χ2n) is 5.63. The van der Waals surface area contributed by atoms with Crippen molar-refractivity contribution in [2.75, 3.05) is 0 Å². The van der Waals surface area contributed by atoms with E-state index in [-0.39, 0.29) is 4.90 Å². The number of sulfonamides is 1. The lowest BCUT2D eigenvalue weighted by Crippen LogP contribution is -2.36. The van der Waals surface area contributed by atoms with Gasteiger partial charge in [-0.3, -0.25) is 0 Å². The highest BCUT2D eigenvalue weighted by molar-refractivity contribution is 7.89. The van der Waals surface area contributed by atoms with Gasteiger partial charge in [0.2, 0.25) is 0 Å². The van der Waals surface area contributed by atoms with E-state index in [1.165, 1.54) is 0 Å². The van der Waals surface area contributed by atoms with Gasteiger partial charge in [0.25, 0.3) is 10.0 Å². The number of para-hydroxylation sites is 1. The van der Waals surface area contributed by atoms with Gasteiger partial charge in [0.05, 0.1) is 10.6 Å². The van der Waals surface area contributed by atoms with Crippen molar-refractivity contribution in [3.63, 3.8) is 0 Å². The molecule has 0 aliphatic rings. The number of aryl methyl sites for hydroxylation is 2. The molecule has 0 saturated carbocycles. The number of benzene rings is 2. The van der Waals surface area contributed by atoms with Crippen LogP contribution in [0.2, 0.25) is 0 Å². The Bertz CT molecular complexity index is 987. The first-order valence-corrected chi connectivity index (χ1v) is 8.88. The molecule has 5 nitrogen and oxygen atoms in total. The summed E-state index contributed by atoms with van der Waals surface area (Å²) in [6.45, 7) is 7.42. The SMILES string of the molecule is C=C(NNS(=O)(=O)c1cc(C)ccc1C)c1cc2ccccc2o1. The molecule has 1 heterocycles. The minimum absolute atomic E-state index is 0.229. The molecule has 0 aliphatic carbocycles. The predicted octanol–water partition coefficient (Wildman–Crippen LogP) is 3.50. The number of hydrogen-bond acceptors (Lipinski definition) is 4. The standard InChI is InChI=1S/C18H18N2O3S/c1-12-8-9-13(2)18(10-12)24(21,22)20-19-14(3)17-11-15-6-4-5-7-16(15)23-17/h4-11,19-20H,3H2,1-2H3. The molecule has 0 atom stereocenters. The third-order valence-corrected chi connectivity index (χ3v) is 5.08. The molecular formula is C18H18N2O3S. The van der Waals surface area contributed by atoms with Crippen LogP contribution in [0.3, 0.4) is 0 Å². The molecule has 0 amide bonds. The second-order valence-corrected chi connectivity index (χ2v) is 7.28. The number of nitrogens with one attached hydrogen (secondary N) is 2. The first kappa shape index (κ1) is 16.3. The van der Waals surface area contributed by atoms with Gasteiger partial charge in [0.15, 0.2) is 5.76 Å². The quantitative estimate of drug-likeness (QED) is 0.696. The van der Waals surface area contributed by atoms with Crippen LogP contribution in [0.1, 0.15) is 16.9 Å². The molecule has 0 aliphatic heterocycles. The van der Waals surface area contributed by atoms with Crippen molar-refractivity contribution in [3.05, 3.63) is 72.0 Å². The van der Waals surface area contributed by atoms with Crippen LogP contribution in [0, 0.1) is 13.8 Å². The van der Waals surface area contributed by atoms with E-state index in [9.17, 15) is 8.42 Å². The van der Waals surface area contributed by atoms with Crippen LogP contribution in [0.5, 0.6) is 0 Å². The van der Waals surface area contributed by atoms with Crippen molar-refractivity contribution < 1.29 is 12.8 Å². The first-order valence-electron chi connectivity index (χ1n) is 7.40. The minimum Gasteiger partial charge on any atom is -0.455 e. The lowest BCUT2D eigenvalue weighted by molar-refractivity contribution is 0.567. The van der Waals surface area contributed by atoms with Gasteiger partial charge in [-0.15, -0.1) is 4.83 Å². The largest absolute Gasteiger partial charge is 0.455 e. The summed E-state index contributed by atoms with van der Waals surface area (Å²) in [5.74, 6) is 0.472. The molecule has 3 aromatic rings. The van der Waals surface area contributed by atoms with Crippen LogP contribution in [0.25, 0.3) is 16.7 Å². The van der Waals surface area contributed by atoms with E-state index in [2.05, 4.69) is 16.8 Å². The monoisotopic (exact) mass is 342 g/mol. The average Bonchev–Trinajstić information content (AvgIpc) is 2.99. The van der Waals surface area contributed by atoms with Gasteiger partial charge in [-0.2, -0.15) is 0 Å². The molecule has 1 aromatic heterocycles. The van der Waals surface area contributed by atoms with Gasteiger partial charge in [-0.25, -0.2) is 8.42 Å². The van der Waals surface area contributed by atoms with E-state index in [4.69, 9.17) is 4.42 Å². The summed E-state index contributed by atoms with van der Waals surface area (Å²) in [4.78, 5) is 2.58. The number of furan rings is 1. The highest BCUT2D eigenvalue weighted by atomic mass is 32.2. The number of hydrogen-bond donors (Lipinski definition) is 2. The van der Waals surface area contributed by atoms with Gasteiger partial charge in [-0.05, 0) is 43.2 Å². The fourth-order valence-electron chi connectivity index (χ4n) is 2.37. The van der Waals surface area contributed by atoms with E-state index < -0.39 is 10.0 Å². The molecule has 0 unspecified atom stereocenters. The number of rotatable bonds is 5. The molecule has 2 aromatic carbocycles. The zero-order valence-electron chi connectivity index (χ0n) is 13.5. The van der Waals surface area contributed by atoms with Gasteiger partial charge in [0.1, 0.15) is 5.58 Å². The lowest BCUT2D eigenvalue weighted by atomic mass is 10.2. The minimum atomic E-state index is -3.71. The fourth-order valence-corrected chi connectivity index (χ4v) is 3.57. The summed E-state index contributed by atoms with van der Waals surface area (Å²) in [5.41, 5.74) is 5.21. The van der Waals surface area contributed by atoms with Crippen LogP contribution in [-0.4, -0.2) is 8.42 Å². The van der Waals surface area contributed by atoms with Crippen LogP contribution < -0.4 is 10.3 Å². The van der Waals surface area contributed by atoms with E-state index in [1.54, 1.807) is 25.1 Å². The van der Waals surface area contributed by atoms with E-state index in [0.29, 0.717) is 22.6 Å². The van der Waals surface area contributed by atoms with E-state index in [1.807, 2.05) is 37.3 Å². The molecule has 0 saturated heterocycles. The Morgan fingerprint density at radius 2 is 1.83 bits per heavy atom. The van der Waals surface area contributed by atoms with Crippen molar-refractivity contribution in [2.24, 2.45) is 0 Å². The summed E-state index contributed by atoms with van der Waals surface area (Å²) in [5, 5.41) is 0.924. The summed E-state index contributed by atoms with van der Waals surface area (Å²) in [7, 11) is -3.71. The van der Waals surface area contributed by atoms with E-state index in [0.717, 1.165) is 10.9 Å². The highest BCUT2D eigenvalue weighted by Gasteiger charge is 2.17. The Morgan fingerprint density at radius 3 is 2.58 bits per heavy atom. The second kappa shape index (κ2) is 6.14. The molecule has 0 fully saturated rings. The Labute approximate surface area is 141 Å². The summed E-state index contributed by atoms with van der Waals surface area (Å²) in [6, 6.07) is 14.6. The molecule has 24 heavy (non-hydrogen) atoms. The van der Waals surface area contributed by atoms with Crippen molar-refractivity contribution in [2.45, 2.75) is 18.7 Å². The zero-order chi connectivity index (χ0) is 17.3. The first-order chi connectivity index (χ1) is 11.4. The molecule has 0 bridgehead atoms. The molecular weight excluding hydrogens is 324 g/mol. The fraction of sp³-hybridized carbons (Fsp3) is 0.111. The maximum absolute atomic E-state index is 12.5. The highest BCUT2D eigenvalue weighted by Crippen LogP contribution is 2.22. The van der Waals surface area contributed by atoms with Gasteiger partial charge in [0, 0.05) is 5.39 Å². The number of fused-ring (bicyclic) bond motifs is 1. The van der Waals surface area contributed by atoms with Crippen molar-refractivity contribution >= 4 is 26.7 Å². The van der Waals surface area contributed by atoms with Crippen LogP contribution >= 0.6 is 0 Å². The summed E-state index contributed by atoms with van der Waals surface area (Å²) >= 11 is 0. The Hall–Kier alpha value is -2.57. The predicted molar refractivity (Wildman–Crippen MR) is 94.6 cm³/mol. The van der Waals surface area contributed by atoms with Crippen molar-refractivity contribution in [3.8, 4) is 0 Å². The summed E-state index contributed by atoms with van der Waals surface area (Å²) in [6.07, 6.45) is 0. The average molecular weight is 342 g/mol. The molecule has 3 rings (SSSR count). The third-order valence-electron chi connectivity index (χ3n) is 3.69. The Balaban J connectivity index is 1.79. The summed E-state index contributed by atoms with van der Waals surface area (Å²) < 4.78 is 30.6. The van der Waals surface area contributed by atoms with Gasteiger partial charge in [-0.1, -0.05) is 36.9 Å². The molecule has 0 spiro atoms. The lowest BCUT2D eigenvalue weighted by Gasteiger charge is -2.12. The smallest absolute Gasteiger partial charge is 0.257 e.